The summed E-state index contributed by atoms with van der Waals surface area (Å²) in [6.07, 6.45) is 6.99. The largest absolute Gasteiger partial charge is 0.352 e. The van der Waals surface area contributed by atoms with Gasteiger partial charge in [0, 0.05) is 12.7 Å². The molecule has 0 atom stereocenters. The Morgan fingerprint density at radius 2 is 2.23 bits per heavy atom. The van der Waals surface area contributed by atoms with Crippen molar-refractivity contribution in [3.63, 3.8) is 0 Å². The molecule has 22 heavy (non-hydrogen) atoms. The number of carbonyl (C=O) groups excluding carboxylic acids is 1. The van der Waals surface area contributed by atoms with Gasteiger partial charge in [0.15, 0.2) is 5.65 Å². The minimum atomic E-state index is -0.0606. The van der Waals surface area contributed by atoms with E-state index >= 15 is 0 Å². The Kier molecular flexibility index (Phi) is 4.68. The quantitative estimate of drug-likeness (QED) is 0.911. The first-order valence-electron chi connectivity index (χ1n) is 8.07. The number of aromatic nitrogens is 3. The Balaban J connectivity index is 1.54. The summed E-state index contributed by atoms with van der Waals surface area (Å²) >= 11 is 0. The Morgan fingerprint density at radius 3 is 3.00 bits per heavy atom. The van der Waals surface area contributed by atoms with E-state index in [0.29, 0.717) is 17.1 Å². The normalized spacial score (nSPS) is 17.0. The van der Waals surface area contributed by atoms with Gasteiger partial charge in [-0.25, -0.2) is 0 Å². The summed E-state index contributed by atoms with van der Waals surface area (Å²) in [7, 11) is 0. The van der Waals surface area contributed by atoms with E-state index in [-0.39, 0.29) is 5.91 Å². The van der Waals surface area contributed by atoms with E-state index in [9.17, 15) is 4.79 Å². The average molecular weight is 301 g/mol. The van der Waals surface area contributed by atoms with Crippen LogP contribution in [0.4, 0.5) is 0 Å². The molecule has 0 saturated carbocycles. The zero-order chi connectivity index (χ0) is 15.4. The Labute approximate surface area is 130 Å². The van der Waals surface area contributed by atoms with Crippen molar-refractivity contribution in [2.24, 2.45) is 5.92 Å². The third kappa shape index (κ3) is 3.27. The standard InChI is InChI=1S/C16H23N5O/c1-2-7-20-9-5-13(6-10-20)11-17-16(22)14-4-3-8-21-12-18-19-15(14)21/h3-4,8,12-13H,2,5-7,9-11H2,1H3,(H,17,22). The molecule has 118 valence electrons. The molecule has 1 fully saturated rings. The number of hydrogen-bond donors (Lipinski definition) is 1. The number of hydrogen-bond acceptors (Lipinski definition) is 4. The topological polar surface area (TPSA) is 62.5 Å². The van der Waals surface area contributed by atoms with Gasteiger partial charge in [0.25, 0.3) is 5.91 Å². The fourth-order valence-corrected chi connectivity index (χ4v) is 3.09. The molecule has 0 spiro atoms. The summed E-state index contributed by atoms with van der Waals surface area (Å²) in [5, 5.41) is 10.9. The Hall–Kier alpha value is -1.95. The van der Waals surface area contributed by atoms with Crippen LogP contribution >= 0.6 is 0 Å². The van der Waals surface area contributed by atoms with Crippen molar-refractivity contribution in [3.05, 3.63) is 30.2 Å². The number of nitrogens with zero attached hydrogens (tertiary/aromatic N) is 4. The van der Waals surface area contributed by atoms with Crippen LogP contribution in [0.5, 0.6) is 0 Å². The first-order valence-corrected chi connectivity index (χ1v) is 8.07. The van der Waals surface area contributed by atoms with Crippen LogP contribution in [-0.4, -0.2) is 51.6 Å². The van der Waals surface area contributed by atoms with Gasteiger partial charge in [0.1, 0.15) is 6.33 Å². The van der Waals surface area contributed by atoms with Crippen LogP contribution in [-0.2, 0) is 0 Å². The van der Waals surface area contributed by atoms with E-state index in [0.717, 1.165) is 32.5 Å². The van der Waals surface area contributed by atoms with Crippen molar-refractivity contribution in [3.8, 4) is 0 Å². The molecule has 0 aliphatic carbocycles. The smallest absolute Gasteiger partial charge is 0.255 e. The molecule has 6 nitrogen and oxygen atoms in total. The summed E-state index contributed by atoms with van der Waals surface area (Å²) < 4.78 is 1.76. The molecule has 0 unspecified atom stereocenters. The summed E-state index contributed by atoms with van der Waals surface area (Å²) in [5.74, 6) is 0.518. The molecule has 1 amide bonds. The lowest BCUT2D eigenvalue weighted by Gasteiger charge is -2.31. The molecule has 0 bridgehead atoms. The summed E-state index contributed by atoms with van der Waals surface area (Å²) in [4.78, 5) is 14.9. The van der Waals surface area contributed by atoms with E-state index < -0.39 is 0 Å². The van der Waals surface area contributed by atoms with Crippen molar-refractivity contribution >= 4 is 11.6 Å². The predicted molar refractivity (Wildman–Crippen MR) is 84.8 cm³/mol. The number of rotatable bonds is 5. The number of carbonyl (C=O) groups is 1. The minimum Gasteiger partial charge on any atom is -0.352 e. The molecule has 1 aliphatic rings. The van der Waals surface area contributed by atoms with Crippen LogP contribution < -0.4 is 5.32 Å². The lowest BCUT2D eigenvalue weighted by molar-refractivity contribution is 0.0937. The molecule has 0 aromatic carbocycles. The fourth-order valence-electron chi connectivity index (χ4n) is 3.09. The molecular weight excluding hydrogens is 278 g/mol. The van der Waals surface area contributed by atoms with Crippen LogP contribution in [0, 0.1) is 5.92 Å². The Bertz CT molecular complexity index is 630. The van der Waals surface area contributed by atoms with Gasteiger partial charge in [-0.2, -0.15) is 0 Å². The molecule has 2 aromatic rings. The van der Waals surface area contributed by atoms with Crippen molar-refractivity contribution in [2.45, 2.75) is 26.2 Å². The third-order valence-corrected chi connectivity index (χ3v) is 4.37. The number of nitrogens with one attached hydrogen (secondary N) is 1. The van der Waals surface area contributed by atoms with Crippen LogP contribution in [0.1, 0.15) is 36.5 Å². The van der Waals surface area contributed by atoms with E-state index in [1.165, 1.54) is 13.0 Å². The van der Waals surface area contributed by atoms with E-state index in [4.69, 9.17) is 0 Å². The van der Waals surface area contributed by atoms with Gasteiger partial charge >= 0.3 is 0 Å². The van der Waals surface area contributed by atoms with E-state index in [2.05, 4.69) is 27.3 Å². The third-order valence-electron chi connectivity index (χ3n) is 4.37. The lowest BCUT2D eigenvalue weighted by Crippen LogP contribution is -2.39. The second-order valence-corrected chi connectivity index (χ2v) is 5.98. The van der Waals surface area contributed by atoms with Crippen LogP contribution in [0.3, 0.4) is 0 Å². The highest BCUT2D eigenvalue weighted by molar-refractivity contribution is 5.99. The average Bonchev–Trinajstić information content (AvgIpc) is 3.02. The second-order valence-electron chi connectivity index (χ2n) is 5.98. The van der Waals surface area contributed by atoms with Crippen LogP contribution in [0.15, 0.2) is 24.7 Å². The van der Waals surface area contributed by atoms with Gasteiger partial charge < -0.3 is 10.2 Å². The number of likely N-dealkylation sites (tertiary alicyclic amines) is 1. The van der Waals surface area contributed by atoms with E-state index in [1.54, 1.807) is 16.8 Å². The first-order chi connectivity index (χ1) is 10.8. The maximum Gasteiger partial charge on any atom is 0.255 e. The van der Waals surface area contributed by atoms with Crippen LogP contribution in [0.2, 0.25) is 0 Å². The number of piperidine rings is 1. The van der Waals surface area contributed by atoms with Gasteiger partial charge in [-0.15, -0.1) is 10.2 Å². The van der Waals surface area contributed by atoms with Gasteiger partial charge in [-0.1, -0.05) is 6.92 Å². The maximum absolute atomic E-state index is 12.4. The van der Waals surface area contributed by atoms with Crippen molar-refractivity contribution in [2.75, 3.05) is 26.2 Å². The highest BCUT2D eigenvalue weighted by Gasteiger charge is 2.20. The van der Waals surface area contributed by atoms with Gasteiger partial charge in [0.05, 0.1) is 5.56 Å². The lowest BCUT2D eigenvalue weighted by atomic mass is 9.96. The number of amides is 1. The van der Waals surface area contributed by atoms with Crippen molar-refractivity contribution < 1.29 is 4.79 Å². The van der Waals surface area contributed by atoms with Crippen molar-refractivity contribution in [1.82, 2.24) is 24.8 Å². The van der Waals surface area contributed by atoms with Crippen molar-refractivity contribution in [1.29, 1.82) is 0 Å². The maximum atomic E-state index is 12.4. The predicted octanol–water partition coefficient (Wildman–Crippen LogP) is 1.58. The van der Waals surface area contributed by atoms with Gasteiger partial charge in [-0.05, 0) is 56.9 Å². The Morgan fingerprint density at radius 1 is 1.41 bits per heavy atom. The summed E-state index contributed by atoms with van der Waals surface area (Å²) in [6.45, 7) is 6.45. The highest BCUT2D eigenvalue weighted by Crippen LogP contribution is 2.17. The van der Waals surface area contributed by atoms with Gasteiger partial charge in [0.2, 0.25) is 0 Å². The molecule has 1 aliphatic heterocycles. The zero-order valence-electron chi connectivity index (χ0n) is 13.0. The molecule has 3 rings (SSSR count). The zero-order valence-corrected chi connectivity index (χ0v) is 13.0. The molecule has 1 N–H and O–H groups in total. The fraction of sp³-hybridized carbons (Fsp3) is 0.562. The molecule has 3 heterocycles. The van der Waals surface area contributed by atoms with Crippen LogP contribution in [0.25, 0.3) is 5.65 Å². The molecule has 2 aromatic heterocycles. The molecule has 1 saturated heterocycles. The first kappa shape index (κ1) is 15.0. The summed E-state index contributed by atoms with van der Waals surface area (Å²) in [5.41, 5.74) is 1.20. The SMILES string of the molecule is CCCN1CCC(CNC(=O)c2cccn3cnnc23)CC1. The highest BCUT2D eigenvalue weighted by atomic mass is 16.1. The number of pyridine rings is 1. The molecule has 6 heteroatoms. The molecule has 0 radical (unpaired) electrons. The second kappa shape index (κ2) is 6.87. The van der Waals surface area contributed by atoms with Gasteiger partial charge in [-0.3, -0.25) is 9.20 Å². The summed E-state index contributed by atoms with van der Waals surface area (Å²) in [6, 6.07) is 3.64. The minimum absolute atomic E-state index is 0.0606. The number of fused-ring (bicyclic) bond motifs is 1. The monoisotopic (exact) mass is 301 g/mol. The molecular formula is C16H23N5O. The van der Waals surface area contributed by atoms with E-state index in [1.807, 2.05) is 12.3 Å².